The third-order valence-corrected chi connectivity index (χ3v) is 2.35. The Bertz CT molecular complexity index is 201. The van der Waals surface area contributed by atoms with Crippen LogP contribution in [-0.2, 0) is 14.3 Å². The topological polar surface area (TPSA) is 63.6 Å². The van der Waals surface area contributed by atoms with Gasteiger partial charge in [0.25, 0.3) is 0 Å². The molecule has 0 spiro atoms. The number of unbranched alkanes of at least 4 members (excludes halogenated alkanes) is 2. The second kappa shape index (κ2) is 16.4. The van der Waals surface area contributed by atoms with Gasteiger partial charge in [-0.15, -0.1) is 11.6 Å². The van der Waals surface area contributed by atoms with Crippen LogP contribution in [0.2, 0.25) is 0 Å². The van der Waals surface area contributed by atoms with Crippen LogP contribution in [0.5, 0.6) is 0 Å². The molecule has 1 N–H and O–H groups in total. The number of carbonyl (C=O) groups is 2. The molecule has 18 heavy (non-hydrogen) atoms. The normalized spacial score (nSPS) is 9.50. The molecule has 0 aromatic heterocycles. The molecule has 0 aromatic carbocycles. The second-order valence-corrected chi connectivity index (χ2v) is 4.15. The number of aliphatic carboxylic acids is 1. The highest BCUT2D eigenvalue weighted by Gasteiger charge is 2.02. The molecule has 0 atom stereocenters. The Morgan fingerprint density at radius 1 is 1.06 bits per heavy atom. The largest absolute Gasteiger partial charge is 0.481 e. The number of Topliss-reactive ketones (excluding diaryl/α,β-unsaturated/α-hetero) is 1. The fourth-order valence-electron chi connectivity index (χ4n) is 0.908. The molecule has 0 radical (unpaired) electrons. The number of alkyl halides is 1. The maximum atomic E-state index is 10.3. The molecule has 5 heteroatoms. The summed E-state index contributed by atoms with van der Waals surface area (Å²) in [5, 5.41) is 8.06. The van der Waals surface area contributed by atoms with Crippen LogP contribution in [0.4, 0.5) is 0 Å². The molecule has 0 aliphatic heterocycles. The van der Waals surface area contributed by atoms with Crippen molar-refractivity contribution in [2.75, 3.05) is 19.1 Å². The smallest absolute Gasteiger partial charge is 0.303 e. The summed E-state index contributed by atoms with van der Waals surface area (Å²) in [7, 11) is 0. The minimum atomic E-state index is -0.964. The van der Waals surface area contributed by atoms with Gasteiger partial charge in [0.1, 0.15) is 5.78 Å². The first-order chi connectivity index (χ1) is 8.58. The van der Waals surface area contributed by atoms with Crippen LogP contribution in [0.15, 0.2) is 0 Å². The maximum Gasteiger partial charge on any atom is 0.303 e. The van der Waals surface area contributed by atoms with E-state index >= 15 is 0 Å². The van der Waals surface area contributed by atoms with Gasteiger partial charge in [-0.3, -0.25) is 9.59 Å². The van der Waals surface area contributed by atoms with Gasteiger partial charge in [0.2, 0.25) is 0 Å². The van der Waals surface area contributed by atoms with Crippen LogP contribution in [0.25, 0.3) is 0 Å². The van der Waals surface area contributed by atoms with Crippen LogP contribution in [0, 0.1) is 0 Å². The standard InChI is InChI=1S/C8H18O.C5H7ClO3/c1-3-5-7-9-8-6-4-2;6-3-4(7)1-2-5(8)9/h3-8H2,1-2H3;1-3H2,(H,8,9). The Balaban J connectivity index is 0. The zero-order chi connectivity index (χ0) is 14.2. The summed E-state index contributed by atoms with van der Waals surface area (Å²) in [4.78, 5) is 20.1. The van der Waals surface area contributed by atoms with E-state index in [1.165, 1.54) is 25.7 Å². The molecule has 0 aliphatic rings. The van der Waals surface area contributed by atoms with Crippen molar-refractivity contribution in [1.29, 1.82) is 0 Å². The molecule has 0 saturated heterocycles. The van der Waals surface area contributed by atoms with Crippen LogP contribution in [0.3, 0.4) is 0 Å². The molecule has 0 aliphatic carbocycles. The van der Waals surface area contributed by atoms with Gasteiger partial charge in [0, 0.05) is 19.6 Å². The minimum absolute atomic E-state index is 0.0405. The fourth-order valence-corrected chi connectivity index (χ4v) is 1.04. The van der Waals surface area contributed by atoms with Crippen molar-refractivity contribution in [3.8, 4) is 0 Å². The lowest BCUT2D eigenvalue weighted by atomic mass is 10.2. The molecule has 0 fully saturated rings. The minimum Gasteiger partial charge on any atom is -0.481 e. The van der Waals surface area contributed by atoms with Crippen molar-refractivity contribution in [1.82, 2.24) is 0 Å². The predicted octanol–water partition coefficient (Wildman–Crippen LogP) is 3.26. The Labute approximate surface area is 115 Å². The first kappa shape index (κ1) is 19.7. The van der Waals surface area contributed by atoms with E-state index in [9.17, 15) is 9.59 Å². The van der Waals surface area contributed by atoms with E-state index in [4.69, 9.17) is 21.4 Å². The first-order valence-corrected chi connectivity index (χ1v) is 6.99. The van der Waals surface area contributed by atoms with Crippen molar-refractivity contribution in [2.45, 2.75) is 52.4 Å². The number of rotatable bonds is 10. The number of carboxylic acids is 1. The number of hydrogen-bond acceptors (Lipinski definition) is 3. The Morgan fingerprint density at radius 2 is 1.56 bits per heavy atom. The van der Waals surface area contributed by atoms with E-state index in [1.807, 2.05) is 0 Å². The molecule has 0 amide bonds. The number of carbonyl (C=O) groups excluding carboxylic acids is 1. The summed E-state index contributed by atoms with van der Waals surface area (Å²) >= 11 is 5.09. The van der Waals surface area contributed by atoms with E-state index in [-0.39, 0.29) is 24.5 Å². The highest BCUT2D eigenvalue weighted by Crippen LogP contribution is 1.92. The first-order valence-electron chi connectivity index (χ1n) is 6.45. The average Bonchev–Trinajstić information content (AvgIpc) is 2.36. The summed E-state index contributed by atoms with van der Waals surface area (Å²) in [6.45, 7) is 6.28. The molecule has 4 nitrogen and oxygen atoms in total. The van der Waals surface area contributed by atoms with Crippen molar-refractivity contribution in [3.05, 3.63) is 0 Å². The van der Waals surface area contributed by atoms with E-state index in [0.717, 1.165) is 13.2 Å². The summed E-state index contributed by atoms with van der Waals surface area (Å²) in [5.74, 6) is -1.28. The Morgan fingerprint density at radius 3 is 1.89 bits per heavy atom. The van der Waals surface area contributed by atoms with E-state index < -0.39 is 5.97 Å². The molecule has 108 valence electrons. The predicted molar refractivity (Wildman–Crippen MR) is 73.2 cm³/mol. The van der Waals surface area contributed by atoms with Gasteiger partial charge < -0.3 is 9.84 Å². The number of ether oxygens (including phenoxy) is 1. The third-order valence-electron chi connectivity index (χ3n) is 2.05. The van der Waals surface area contributed by atoms with Gasteiger partial charge in [-0.05, 0) is 12.8 Å². The lowest BCUT2D eigenvalue weighted by Gasteiger charge is -1.99. The molecular formula is C13H25ClO4. The molecule has 0 bridgehead atoms. The quantitative estimate of drug-likeness (QED) is 0.493. The number of halogens is 1. The maximum absolute atomic E-state index is 10.3. The second-order valence-electron chi connectivity index (χ2n) is 3.89. The van der Waals surface area contributed by atoms with Gasteiger partial charge in [0.15, 0.2) is 0 Å². The van der Waals surface area contributed by atoms with E-state index in [2.05, 4.69) is 13.8 Å². The molecule has 0 aromatic rings. The van der Waals surface area contributed by atoms with Gasteiger partial charge in [0.05, 0.1) is 12.3 Å². The van der Waals surface area contributed by atoms with Crippen molar-refractivity contribution < 1.29 is 19.4 Å². The molecule has 0 unspecified atom stereocenters. The van der Waals surface area contributed by atoms with E-state index in [1.54, 1.807) is 0 Å². The highest BCUT2D eigenvalue weighted by molar-refractivity contribution is 6.27. The van der Waals surface area contributed by atoms with Crippen molar-refractivity contribution in [2.24, 2.45) is 0 Å². The SMILES string of the molecule is CCCCOCCCC.O=C(O)CCC(=O)CCl. The lowest BCUT2D eigenvalue weighted by Crippen LogP contribution is -2.03. The van der Waals surface area contributed by atoms with Crippen LogP contribution >= 0.6 is 11.6 Å². The summed E-state index contributed by atoms with van der Waals surface area (Å²) in [6.07, 6.45) is 4.83. The summed E-state index contributed by atoms with van der Waals surface area (Å²) in [5.41, 5.74) is 0. The third kappa shape index (κ3) is 20.8. The average molecular weight is 281 g/mol. The summed E-state index contributed by atoms with van der Waals surface area (Å²) < 4.78 is 5.31. The van der Waals surface area contributed by atoms with Gasteiger partial charge >= 0.3 is 5.97 Å². The molecule has 0 rings (SSSR count). The monoisotopic (exact) mass is 280 g/mol. The van der Waals surface area contributed by atoms with Crippen molar-refractivity contribution in [3.63, 3.8) is 0 Å². The highest BCUT2D eigenvalue weighted by atomic mass is 35.5. The van der Waals surface area contributed by atoms with Gasteiger partial charge in [-0.1, -0.05) is 26.7 Å². The zero-order valence-electron chi connectivity index (χ0n) is 11.4. The molecule has 0 saturated carbocycles. The molecular weight excluding hydrogens is 256 g/mol. The van der Waals surface area contributed by atoms with Crippen LogP contribution < -0.4 is 0 Å². The lowest BCUT2D eigenvalue weighted by molar-refractivity contribution is -0.138. The molecule has 0 heterocycles. The fraction of sp³-hybridized carbons (Fsp3) is 0.846. The number of hydrogen-bond donors (Lipinski definition) is 1. The van der Waals surface area contributed by atoms with Crippen molar-refractivity contribution >= 4 is 23.4 Å². The number of carboxylic acid groups (broad SMARTS) is 1. The van der Waals surface area contributed by atoms with Crippen LogP contribution in [0.1, 0.15) is 52.4 Å². The zero-order valence-corrected chi connectivity index (χ0v) is 12.2. The van der Waals surface area contributed by atoms with Gasteiger partial charge in [-0.2, -0.15) is 0 Å². The van der Waals surface area contributed by atoms with Crippen LogP contribution in [-0.4, -0.2) is 36.0 Å². The number of ketones is 1. The Hall–Kier alpha value is -0.610. The van der Waals surface area contributed by atoms with Gasteiger partial charge in [-0.25, -0.2) is 0 Å². The van der Waals surface area contributed by atoms with E-state index in [0.29, 0.717) is 0 Å². The summed E-state index contributed by atoms with van der Waals surface area (Å²) in [6, 6.07) is 0. The Kier molecular flexibility index (Phi) is 18.0.